The molecule has 0 bridgehead atoms. The zero-order valence-corrected chi connectivity index (χ0v) is 9.91. The Hall–Kier alpha value is -0.340. The van der Waals surface area contributed by atoms with E-state index in [1.165, 1.54) is 25.7 Å². The van der Waals surface area contributed by atoms with Crippen LogP contribution in [0.4, 0.5) is 0 Å². The number of hydrogen-bond acceptors (Lipinski definition) is 2. The van der Waals surface area contributed by atoms with E-state index in [-0.39, 0.29) is 6.10 Å². The van der Waals surface area contributed by atoms with Crippen LogP contribution in [0.2, 0.25) is 0 Å². The fourth-order valence-corrected chi connectivity index (χ4v) is 2.32. The van der Waals surface area contributed by atoms with Crippen molar-refractivity contribution in [1.82, 2.24) is 5.32 Å². The predicted molar refractivity (Wildman–Crippen MR) is 64.9 cm³/mol. The molecule has 1 fully saturated rings. The summed E-state index contributed by atoms with van der Waals surface area (Å²) in [5, 5.41) is 13.2. The molecule has 0 heterocycles. The molecule has 0 aromatic carbocycles. The molecule has 1 aliphatic carbocycles. The molecule has 1 aliphatic rings. The van der Waals surface area contributed by atoms with Crippen molar-refractivity contribution in [2.75, 3.05) is 6.54 Å². The number of hydrogen-bond donors (Lipinski definition) is 2. The second kappa shape index (κ2) is 7.02. The van der Waals surface area contributed by atoms with Crippen LogP contribution in [-0.2, 0) is 0 Å². The third kappa shape index (κ3) is 4.80. The van der Waals surface area contributed by atoms with Crippen LogP contribution in [0.5, 0.6) is 0 Å². The average molecular weight is 211 g/mol. The minimum absolute atomic E-state index is 0.211. The number of aliphatic hydroxyl groups excluding tert-OH is 1. The quantitative estimate of drug-likeness (QED) is 0.662. The van der Waals surface area contributed by atoms with Gasteiger partial charge in [-0.1, -0.05) is 25.8 Å². The lowest BCUT2D eigenvalue weighted by Crippen LogP contribution is -2.41. The first-order chi connectivity index (χ1) is 7.24. The maximum Gasteiger partial charge on any atom is 0.0667 e. The van der Waals surface area contributed by atoms with Gasteiger partial charge in [-0.05, 0) is 31.6 Å². The van der Waals surface area contributed by atoms with Crippen molar-refractivity contribution in [2.45, 2.75) is 57.6 Å². The molecule has 0 amide bonds. The molecule has 88 valence electrons. The van der Waals surface area contributed by atoms with E-state index in [1.54, 1.807) is 0 Å². The van der Waals surface area contributed by atoms with E-state index < -0.39 is 0 Å². The topological polar surface area (TPSA) is 32.3 Å². The van der Waals surface area contributed by atoms with Crippen LogP contribution in [0.1, 0.15) is 45.4 Å². The first kappa shape index (κ1) is 12.7. The van der Waals surface area contributed by atoms with E-state index in [0.717, 1.165) is 25.3 Å². The SMILES string of the molecule is C=CCC[C@H](O)CN[C@H]1CCCC[C@H]1C. The Kier molecular flexibility index (Phi) is 5.96. The van der Waals surface area contributed by atoms with E-state index in [2.05, 4.69) is 18.8 Å². The number of aliphatic hydroxyl groups is 1. The lowest BCUT2D eigenvalue weighted by Gasteiger charge is -2.30. The number of allylic oxidation sites excluding steroid dienone is 1. The highest BCUT2D eigenvalue weighted by atomic mass is 16.3. The van der Waals surface area contributed by atoms with E-state index in [4.69, 9.17) is 0 Å². The van der Waals surface area contributed by atoms with Crippen molar-refractivity contribution in [2.24, 2.45) is 5.92 Å². The van der Waals surface area contributed by atoms with E-state index in [9.17, 15) is 5.11 Å². The molecule has 0 aromatic rings. The summed E-state index contributed by atoms with van der Waals surface area (Å²) >= 11 is 0. The smallest absolute Gasteiger partial charge is 0.0667 e. The van der Waals surface area contributed by atoms with Crippen molar-refractivity contribution >= 4 is 0 Å². The summed E-state index contributed by atoms with van der Waals surface area (Å²) in [6, 6.07) is 0.622. The molecular weight excluding hydrogens is 186 g/mol. The molecule has 0 aromatic heterocycles. The second-order valence-corrected chi connectivity index (χ2v) is 4.80. The fraction of sp³-hybridized carbons (Fsp3) is 0.846. The summed E-state index contributed by atoms with van der Waals surface area (Å²) in [5.74, 6) is 0.769. The van der Waals surface area contributed by atoms with Crippen LogP contribution >= 0.6 is 0 Å². The van der Waals surface area contributed by atoms with Crippen molar-refractivity contribution in [3.8, 4) is 0 Å². The highest BCUT2D eigenvalue weighted by Crippen LogP contribution is 2.23. The summed E-state index contributed by atoms with van der Waals surface area (Å²) in [7, 11) is 0. The second-order valence-electron chi connectivity index (χ2n) is 4.80. The van der Waals surface area contributed by atoms with Gasteiger partial charge in [-0.15, -0.1) is 6.58 Å². The minimum Gasteiger partial charge on any atom is -0.392 e. The molecule has 15 heavy (non-hydrogen) atoms. The van der Waals surface area contributed by atoms with Gasteiger partial charge in [0.2, 0.25) is 0 Å². The molecular formula is C13H25NO. The van der Waals surface area contributed by atoms with E-state index in [1.807, 2.05) is 6.08 Å². The van der Waals surface area contributed by atoms with Crippen molar-refractivity contribution in [3.63, 3.8) is 0 Å². The molecule has 2 N–H and O–H groups in total. The molecule has 0 aliphatic heterocycles. The third-order valence-corrected chi connectivity index (χ3v) is 3.43. The van der Waals surface area contributed by atoms with Crippen molar-refractivity contribution in [1.29, 1.82) is 0 Å². The first-order valence-electron chi connectivity index (χ1n) is 6.26. The van der Waals surface area contributed by atoms with Gasteiger partial charge in [0.05, 0.1) is 6.10 Å². The Labute approximate surface area is 93.8 Å². The Morgan fingerprint density at radius 2 is 2.20 bits per heavy atom. The van der Waals surface area contributed by atoms with Crippen LogP contribution in [0.25, 0.3) is 0 Å². The van der Waals surface area contributed by atoms with Gasteiger partial charge in [0, 0.05) is 12.6 Å². The molecule has 0 spiro atoms. The van der Waals surface area contributed by atoms with Crippen molar-refractivity contribution < 1.29 is 5.11 Å². The van der Waals surface area contributed by atoms with Gasteiger partial charge in [-0.25, -0.2) is 0 Å². The lowest BCUT2D eigenvalue weighted by atomic mass is 9.86. The largest absolute Gasteiger partial charge is 0.392 e. The summed E-state index contributed by atoms with van der Waals surface area (Å²) in [4.78, 5) is 0. The van der Waals surface area contributed by atoms with Gasteiger partial charge >= 0.3 is 0 Å². The predicted octanol–water partition coefficient (Wildman–Crippen LogP) is 2.48. The standard InChI is InChI=1S/C13H25NO/c1-3-4-8-12(15)10-14-13-9-6-5-7-11(13)2/h3,11-15H,1,4-10H2,2H3/t11-,12+,13+/m1/s1. The van der Waals surface area contributed by atoms with Gasteiger partial charge in [0.1, 0.15) is 0 Å². The maximum absolute atomic E-state index is 9.69. The van der Waals surface area contributed by atoms with Crippen molar-refractivity contribution in [3.05, 3.63) is 12.7 Å². The highest BCUT2D eigenvalue weighted by Gasteiger charge is 2.20. The highest BCUT2D eigenvalue weighted by molar-refractivity contribution is 4.79. The molecule has 1 saturated carbocycles. The molecule has 1 rings (SSSR count). The zero-order valence-electron chi connectivity index (χ0n) is 9.91. The summed E-state index contributed by atoms with van der Waals surface area (Å²) < 4.78 is 0. The molecule has 2 heteroatoms. The van der Waals surface area contributed by atoms with Gasteiger partial charge in [-0.2, -0.15) is 0 Å². The third-order valence-electron chi connectivity index (χ3n) is 3.43. The molecule has 0 saturated heterocycles. The summed E-state index contributed by atoms with van der Waals surface area (Å²) in [5.41, 5.74) is 0. The number of rotatable bonds is 6. The van der Waals surface area contributed by atoms with E-state index in [0.29, 0.717) is 6.04 Å². The normalized spacial score (nSPS) is 28.7. The van der Waals surface area contributed by atoms with Crippen LogP contribution in [-0.4, -0.2) is 23.8 Å². The van der Waals surface area contributed by atoms with Gasteiger partial charge in [0.15, 0.2) is 0 Å². The molecule has 0 radical (unpaired) electrons. The van der Waals surface area contributed by atoms with Crippen LogP contribution in [0.3, 0.4) is 0 Å². The van der Waals surface area contributed by atoms with Gasteiger partial charge in [-0.3, -0.25) is 0 Å². The number of nitrogens with one attached hydrogen (secondary N) is 1. The maximum atomic E-state index is 9.69. The molecule has 3 atom stereocenters. The lowest BCUT2D eigenvalue weighted by molar-refractivity contribution is 0.148. The Bertz CT molecular complexity index is 181. The molecule has 0 unspecified atom stereocenters. The molecule has 2 nitrogen and oxygen atoms in total. The minimum atomic E-state index is -0.211. The summed E-state index contributed by atoms with van der Waals surface area (Å²) in [6.07, 6.45) is 8.71. The Morgan fingerprint density at radius 1 is 1.47 bits per heavy atom. The average Bonchev–Trinajstić information content (AvgIpc) is 2.25. The van der Waals surface area contributed by atoms with Gasteiger partial charge in [0.25, 0.3) is 0 Å². The zero-order chi connectivity index (χ0) is 11.1. The first-order valence-corrected chi connectivity index (χ1v) is 6.26. The Morgan fingerprint density at radius 3 is 2.87 bits per heavy atom. The summed E-state index contributed by atoms with van der Waals surface area (Å²) in [6.45, 7) is 6.71. The van der Waals surface area contributed by atoms with Gasteiger partial charge < -0.3 is 10.4 Å². The Balaban J connectivity index is 2.14. The monoisotopic (exact) mass is 211 g/mol. The van der Waals surface area contributed by atoms with Crippen LogP contribution < -0.4 is 5.32 Å². The van der Waals surface area contributed by atoms with Crippen LogP contribution in [0.15, 0.2) is 12.7 Å². The van der Waals surface area contributed by atoms with Crippen LogP contribution in [0, 0.1) is 5.92 Å². The van der Waals surface area contributed by atoms with E-state index >= 15 is 0 Å². The fourth-order valence-electron chi connectivity index (χ4n) is 2.32.